The van der Waals surface area contributed by atoms with Crippen LogP contribution in [0.25, 0.3) is 0 Å². The van der Waals surface area contributed by atoms with Gasteiger partial charge in [0.1, 0.15) is 10.9 Å². The molecular formula is C19H15Cl3N4O2. The summed E-state index contributed by atoms with van der Waals surface area (Å²) in [5.41, 5.74) is 4.68. The van der Waals surface area contributed by atoms with Crippen molar-refractivity contribution in [2.45, 2.75) is 13.5 Å². The highest BCUT2D eigenvalue weighted by Crippen LogP contribution is 2.27. The van der Waals surface area contributed by atoms with Gasteiger partial charge in [-0.1, -0.05) is 40.9 Å². The monoisotopic (exact) mass is 436 g/mol. The smallest absolute Gasteiger partial charge is 0.271 e. The molecule has 9 heteroatoms. The third-order valence-electron chi connectivity index (χ3n) is 3.97. The SMILES string of the molecule is Cc1nn(Cc2c(Cl)cccc2Cl)c(Cl)c1/C=N/NC(=O)c1ccc(O)cc1. The number of benzene rings is 2. The molecule has 0 unspecified atom stereocenters. The molecule has 0 aliphatic carbocycles. The summed E-state index contributed by atoms with van der Waals surface area (Å²) >= 11 is 18.8. The van der Waals surface area contributed by atoms with Crippen molar-refractivity contribution in [3.8, 4) is 5.75 Å². The van der Waals surface area contributed by atoms with E-state index in [1.807, 2.05) is 0 Å². The number of phenols is 1. The highest BCUT2D eigenvalue weighted by Gasteiger charge is 2.15. The van der Waals surface area contributed by atoms with Crippen molar-refractivity contribution < 1.29 is 9.90 Å². The Morgan fingerprint density at radius 1 is 1.18 bits per heavy atom. The van der Waals surface area contributed by atoms with Crippen LogP contribution in [0.1, 0.15) is 27.2 Å². The lowest BCUT2D eigenvalue weighted by atomic mass is 10.2. The van der Waals surface area contributed by atoms with Crippen molar-refractivity contribution in [3.63, 3.8) is 0 Å². The lowest BCUT2D eigenvalue weighted by Gasteiger charge is -2.08. The molecule has 1 heterocycles. The minimum absolute atomic E-state index is 0.0773. The van der Waals surface area contributed by atoms with E-state index in [2.05, 4.69) is 15.6 Å². The number of aromatic hydroxyl groups is 1. The Morgan fingerprint density at radius 2 is 1.82 bits per heavy atom. The van der Waals surface area contributed by atoms with E-state index in [0.29, 0.717) is 44.1 Å². The second-order valence-corrected chi connectivity index (χ2v) is 7.07. The van der Waals surface area contributed by atoms with Gasteiger partial charge in [-0.2, -0.15) is 10.2 Å². The maximum absolute atomic E-state index is 12.0. The molecule has 3 aromatic rings. The van der Waals surface area contributed by atoms with Crippen LogP contribution in [0.3, 0.4) is 0 Å². The van der Waals surface area contributed by atoms with Gasteiger partial charge in [-0.05, 0) is 43.3 Å². The average Bonchev–Trinajstić information content (AvgIpc) is 2.92. The number of halogens is 3. The molecule has 0 aliphatic rings. The number of hydrazone groups is 1. The Bertz CT molecular complexity index is 1030. The lowest BCUT2D eigenvalue weighted by Crippen LogP contribution is -2.17. The summed E-state index contributed by atoms with van der Waals surface area (Å²) in [6.07, 6.45) is 1.42. The van der Waals surface area contributed by atoms with Crippen molar-refractivity contribution >= 4 is 46.9 Å². The Hall–Kier alpha value is -2.54. The first-order valence-corrected chi connectivity index (χ1v) is 9.28. The fourth-order valence-electron chi connectivity index (χ4n) is 2.48. The van der Waals surface area contributed by atoms with Gasteiger partial charge in [-0.25, -0.2) is 10.1 Å². The molecule has 28 heavy (non-hydrogen) atoms. The molecule has 0 aliphatic heterocycles. The molecule has 0 bridgehead atoms. The predicted octanol–water partition coefficient (Wildman–Crippen LogP) is 4.67. The lowest BCUT2D eigenvalue weighted by molar-refractivity contribution is 0.0955. The molecule has 0 saturated heterocycles. The zero-order valence-electron chi connectivity index (χ0n) is 14.7. The zero-order chi connectivity index (χ0) is 20.3. The number of aryl methyl sites for hydroxylation is 1. The van der Waals surface area contributed by atoms with E-state index in [1.165, 1.54) is 30.5 Å². The Balaban J connectivity index is 1.75. The number of phenolic OH excluding ortho intramolecular Hbond substituents is 1. The minimum Gasteiger partial charge on any atom is -0.508 e. The largest absolute Gasteiger partial charge is 0.508 e. The summed E-state index contributed by atoms with van der Waals surface area (Å²) in [5, 5.41) is 19.0. The molecule has 6 nitrogen and oxygen atoms in total. The summed E-state index contributed by atoms with van der Waals surface area (Å²) < 4.78 is 1.56. The molecule has 3 rings (SSSR count). The third kappa shape index (κ3) is 4.47. The molecule has 1 amide bonds. The molecule has 0 spiro atoms. The number of nitrogens with one attached hydrogen (secondary N) is 1. The molecule has 0 fully saturated rings. The molecule has 0 saturated carbocycles. The summed E-state index contributed by atoms with van der Waals surface area (Å²) in [4.78, 5) is 12.0. The second kappa shape index (κ2) is 8.65. The third-order valence-corrected chi connectivity index (χ3v) is 5.08. The van der Waals surface area contributed by atoms with Crippen LogP contribution in [0.15, 0.2) is 47.6 Å². The van der Waals surface area contributed by atoms with Crippen LogP contribution in [0.4, 0.5) is 0 Å². The summed E-state index contributed by atoms with van der Waals surface area (Å²) in [7, 11) is 0. The standard InChI is InChI=1S/C19H15Cl3N4O2/c1-11-14(9-23-24-19(28)12-5-7-13(27)8-6-12)18(22)26(25-11)10-15-16(20)3-2-4-17(15)21/h2-9,27H,10H2,1H3,(H,24,28)/b23-9+. The fourth-order valence-corrected chi connectivity index (χ4v) is 3.28. The van der Waals surface area contributed by atoms with E-state index in [9.17, 15) is 9.90 Å². The molecule has 2 aromatic carbocycles. The van der Waals surface area contributed by atoms with Crippen molar-refractivity contribution in [3.05, 3.63) is 80.0 Å². The number of rotatable bonds is 5. The van der Waals surface area contributed by atoms with Gasteiger partial charge in [0.2, 0.25) is 0 Å². The van der Waals surface area contributed by atoms with Crippen LogP contribution in [0.2, 0.25) is 15.2 Å². The zero-order valence-corrected chi connectivity index (χ0v) is 16.9. The average molecular weight is 438 g/mol. The van der Waals surface area contributed by atoms with E-state index in [1.54, 1.807) is 29.8 Å². The quantitative estimate of drug-likeness (QED) is 0.450. The highest BCUT2D eigenvalue weighted by atomic mass is 35.5. The first-order valence-electron chi connectivity index (χ1n) is 8.15. The van der Waals surface area contributed by atoms with Gasteiger partial charge in [0.05, 0.1) is 24.0 Å². The van der Waals surface area contributed by atoms with Gasteiger partial charge in [0.15, 0.2) is 0 Å². The van der Waals surface area contributed by atoms with Crippen LogP contribution in [0.5, 0.6) is 5.75 Å². The number of hydrogen-bond donors (Lipinski definition) is 2. The van der Waals surface area contributed by atoms with Gasteiger partial charge in [0.25, 0.3) is 5.91 Å². The van der Waals surface area contributed by atoms with Crippen molar-refractivity contribution in [2.24, 2.45) is 5.10 Å². The van der Waals surface area contributed by atoms with Gasteiger partial charge >= 0.3 is 0 Å². The van der Waals surface area contributed by atoms with Gasteiger partial charge in [-0.3, -0.25) is 4.79 Å². The number of hydrogen-bond acceptors (Lipinski definition) is 4. The predicted molar refractivity (Wildman–Crippen MR) is 111 cm³/mol. The summed E-state index contributed by atoms with van der Waals surface area (Å²) in [5.74, 6) is -0.339. The Kier molecular flexibility index (Phi) is 6.24. The number of nitrogens with zero attached hydrogens (tertiary/aromatic N) is 3. The van der Waals surface area contributed by atoms with Gasteiger partial charge in [0, 0.05) is 21.2 Å². The molecule has 0 radical (unpaired) electrons. The van der Waals surface area contributed by atoms with Crippen LogP contribution < -0.4 is 5.43 Å². The van der Waals surface area contributed by atoms with Crippen molar-refractivity contribution in [1.29, 1.82) is 0 Å². The topological polar surface area (TPSA) is 79.5 Å². The molecular weight excluding hydrogens is 423 g/mol. The first-order chi connectivity index (χ1) is 13.4. The molecule has 1 aromatic heterocycles. The van der Waals surface area contributed by atoms with Crippen LogP contribution in [-0.4, -0.2) is 27.0 Å². The number of carbonyl (C=O) groups is 1. The number of amides is 1. The fraction of sp³-hybridized carbons (Fsp3) is 0.105. The van der Waals surface area contributed by atoms with Crippen LogP contribution >= 0.6 is 34.8 Å². The number of aromatic nitrogens is 2. The molecule has 144 valence electrons. The Morgan fingerprint density at radius 3 is 2.46 bits per heavy atom. The summed E-state index contributed by atoms with van der Waals surface area (Å²) in [6, 6.07) is 11.1. The Labute approximate surface area is 176 Å². The number of carbonyl (C=O) groups excluding carboxylic acids is 1. The first kappa shape index (κ1) is 20.2. The highest BCUT2D eigenvalue weighted by molar-refractivity contribution is 6.36. The van der Waals surface area contributed by atoms with Crippen molar-refractivity contribution in [2.75, 3.05) is 0 Å². The van der Waals surface area contributed by atoms with E-state index in [-0.39, 0.29) is 5.75 Å². The van der Waals surface area contributed by atoms with E-state index >= 15 is 0 Å². The second-order valence-electron chi connectivity index (χ2n) is 5.89. The normalized spacial score (nSPS) is 11.1. The maximum atomic E-state index is 12.0. The minimum atomic E-state index is -0.416. The summed E-state index contributed by atoms with van der Waals surface area (Å²) in [6.45, 7) is 2.08. The van der Waals surface area contributed by atoms with E-state index in [4.69, 9.17) is 34.8 Å². The molecule has 0 atom stereocenters. The van der Waals surface area contributed by atoms with Gasteiger partial charge in [-0.15, -0.1) is 0 Å². The van der Waals surface area contributed by atoms with E-state index in [0.717, 1.165) is 0 Å². The maximum Gasteiger partial charge on any atom is 0.271 e. The van der Waals surface area contributed by atoms with Crippen LogP contribution in [-0.2, 0) is 6.54 Å². The molecule has 2 N–H and O–H groups in total. The van der Waals surface area contributed by atoms with Crippen LogP contribution in [0, 0.1) is 6.92 Å². The van der Waals surface area contributed by atoms with E-state index < -0.39 is 5.91 Å². The van der Waals surface area contributed by atoms with Crippen molar-refractivity contribution in [1.82, 2.24) is 15.2 Å². The van der Waals surface area contributed by atoms with Gasteiger partial charge < -0.3 is 5.11 Å².